The number of fused-ring (bicyclic) bond motifs is 1. The highest BCUT2D eigenvalue weighted by atomic mass is 79.9. The lowest BCUT2D eigenvalue weighted by Gasteiger charge is -2.14. The van der Waals surface area contributed by atoms with Gasteiger partial charge in [-0.05, 0) is 36.5 Å². The highest BCUT2D eigenvalue weighted by Crippen LogP contribution is 2.33. The number of halogens is 1. The monoisotopic (exact) mass is 334 g/mol. The van der Waals surface area contributed by atoms with Crippen molar-refractivity contribution in [3.8, 4) is 0 Å². The number of hydrogen-bond acceptors (Lipinski definition) is 3. The summed E-state index contributed by atoms with van der Waals surface area (Å²) in [6.45, 7) is 0.522. The Hall–Kier alpha value is -1.46. The van der Waals surface area contributed by atoms with Crippen LogP contribution in [0.25, 0.3) is 10.9 Å². The molecular formula is C15H15BrN2O2. The van der Waals surface area contributed by atoms with Crippen LogP contribution in [0, 0.1) is 5.92 Å². The van der Waals surface area contributed by atoms with E-state index in [0.29, 0.717) is 6.54 Å². The molecule has 1 fully saturated rings. The van der Waals surface area contributed by atoms with E-state index in [1.165, 1.54) is 0 Å². The first-order valence-electron chi connectivity index (χ1n) is 6.65. The lowest BCUT2D eigenvalue weighted by molar-refractivity contribution is -0.140. The van der Waals surface area contributed by atoms with Gasteiger partial charge in [0.2, 0.25) is 0 Å². The Kier molecular flexibility index (Phi) is 3.72. The average Bonchev–Trinajstić information content (AvgIpc) is 3.26. The zero-order chi connectivity index (χ0) is 14.1. The predicted molar refractivity (Wildman–Crippen MR) is 80.4 cm³/mol. The second kappa shape index (κ2) is 5.50. The van der Waals surface area contributed by atoms with Gasteiger partial charge in [0.25, 0.3) is 0 Å². The van der Waals surface area contributed by atoms with E-state index in [1.807, 2.05) is 24.3 Å². The minimum Gasteiger partial charge on any atom is -0.480 e. The number of carbonyl (C=O) groups is 1. The third kappa shape index (κ3) is 2.69. The smallest absolute Gasteiger partial charge is 0.320 e. The number of nitrogens with one attached hydrogen (secondary N) is 1. The lowest BCUT2D eigenvalue weighted by atomic mass is 10.1. The first-order valence-corrected chi connectivity index (χ1v) is 7.44. The average molecular weight is 335 g/mol. The van der Waals surface area contributed by atoms with Crippen molar-refractivity contribution in [2.75, 3.05) is 0 Å². The van der Waals surface area contributed by atoms with Crippen molar-refractivity contribution < 1.29 is 9.90 Å². The minimum absolute atomic E-state index is 0.280. The molecule has 2 aromatic rings. The SMILES string of the molecule is O=C(O)C(NCc1ccc(Br)c2cccnc12)C1CC1. The second-order valence-electron chi connectivity index (χ2n) is 5.14. The summed E-state index contributed by atoms with van der Waals surface area (Å²) < 4.78 is 1.00. The Bertz CT molecular complexity index is 655. The predicted octanol–water partition coefficient (Wildman–Crippen LogP) is 2.95. The van der Waals surface area contributed by atoms with Crippen molar-refractivity contribution in [1.82, 2.24) is 10.3 Å². The standard InChI is InChI=1S/C15H15BrN2O2/c16-12-6-5-10(13-11(12)2-1-7-17-13)8-18-14(15(19)20)9-3-4-9/h1-2,5-7,9,14,18H,3-4,8H2,(H,19,20). The van der Waals surface area contributed by atoms with E-state index in [2.05, 4.69) is 26.2 Å². The molecule has 1 saturated carbocycles. The summed E-state index contributed by atoms with van der Waals surface area (Å²) in [5, 5.41) is 13.4. The van der Waals surface area contributed by atoms with Gasteiger partial charge in [0, 0.05) is 22.6 Å². The van der Waals surface area contributed by atoms with Crippen molar-refractivity contribution in [3.63, 3.8) is 0 Å². The van der Waals surface area contributed by atoms with Crippen LogP contribution in [-0.4, -0.2) is 22.1 Å². The summed E-state index contributed by atoms with van der Waals surface area (Å²) in [5.41, 5.74) is 1.94. The summed E-state index contributed by atoms with van der Waals surface area (Å²) in [6, 6.07) is 7.42. The van der Waals surface area contributed by atoms with Crippen LogP contribution in [0.3, 0.4) is 0 Å². The van der Waals surface area contributed by atoms with Crippen molar-refractivity contribution >= 4 is 32.8 Å². The molecule has 20 heavy (non-hydrogen) atoms. The molecule has 1 unspecified atom stereocenters. The van der Waals surface area contributed by atoms with Gasteiger partial charge in [-0.2, -0.15) is 0 Å². The molecule has 1 atom stereocenters. The number of aromatic nitrogens is 1. The van der Waals surface area contributed by atoms with Gasteiger partial charge in [-0.1, -0.05) is 28.1 Å². The van der Waals surface area contributed by atoms with Crippen molar-refractivity contribution in [2.45, 2.75) is 25.4 Å². The van der Waals surface area contributed by atoms with Gasteiger partial charge >= 0.3 is 5.97 Å². The summed E-state index contributed by atoms with van der Waals surface area (Å²) in [6.07, 6.45) is 3.76. The number of hydrogen-bond donors (Lipinski definition) is 2. The van der Waals surface area contributed by atoms with Crippen LogP contribution in [-0.2, 0) is 11.3 Å². The molecule has 0 saturated heterocycles. The zero-order valence-corrected chi connectivity index (χ0v) is 12.4. The zero-order valence-electron chi connectivity index (χ0n) is 10.8. The van der Waals surface area contributed by atoms with Crippen molar-refractivity contribution in [3.05, 3.63) is 40.5 Å². The third-order valence-corrected chi connectivity index (χ3v) is 4.36. The third-order valence-electron chi connectivity index (χ3n) is 3.67. The number of aliphatic carboxylic acids is 1. The molecule has 0 aliphatic heterocycles. The normalized spacial score (nSPS) is 16.2. The Morgan fingerprint density at radius 1 is 1.45 bits per heavy atom. The first kappa shape index (κ1) is 13.5. The number of nitrogens with zero attached hydrogens (tertiary/aromatic N) is 1. The van der Waals surface area contributed by atoms with Crippen molar-refractivity contribution in [2.24, 2.45) is 5.92 Å². The number of benzene rings is 1. The molecule has 1 aliphatic carbocycles. The van der Waals surface area contributed by atoms with Crippen molar-refractivity contribution in [1.29, 1.82) is 0 Å². The van der Waals surface area contributed by atoms with Gasteiger partial charge in [0.05, 0.1) is 5.52 Å². The topological polar surface area (TPSA) is 62.2 Å². The molecule has 1 aromatic carbocycles. The van der Waals surface area contributed by atoms with E-state index in [1.54, 1.807) is 6.20 Å². The summed E-state index contributed by atoms with van der Waals surface area (Å²) in [4.78, 5) is 15.6. The van der Waals surface area contributed by atoms with Gasteiger partial charge in [-0.25, -0.2) is 0 Å². The van der Waals surface area contributed by atoms with E-state index in [9.17, 15) is 9.90 Å². The van der Waals surface area contributed by atoms with E-state index in [-0.39, 0.29) is 5.92 Å². The van der Waals surface area contributed by atoms with E-state index in [0.717, 1.165) is 33.8 Å². The van der Waals surface area contributed by atoms with Crippen LogP contribution in [0.4, 0.5) is 0 Å². The number of rotatable bonds is 5. The number of carboxylic acid groups (broad SMARTS) is 1. The lowest BCUT2D eigenvalue weighted by Crippen LogP contribution is -2.38. The van der Waals surface area contributed by atoms with E-state index in [4.69, 9.17) is 0 Å². The van der Waals surface area contributed by atoms with Gasteiger partial charge in [0.15, 0.2) is 0 Å². The Morgan fingerprint density at radius 2 is 2.25 bits per heavy atom. The van der Waals surface area contributed by atoms with Gasteiger partial charge in [-0.15, -0.1) is 0 Å². The summed E-state index contributed by atoms with van der Waals surface area (Å²) in [5.74, 6) is -0.482. The summed E-state index contributed by atoms with van der Waals surface area (Å²) in [7, 11) is 0. The Labute approximate surface area is 125 Å². The molecular weight excluding hydrogens is 320 g/mol. The van der Waals surface area contributed by atoms with E-state index < -0.39 is 12.0 Å². The van der Waals surface area contributed by atoms with E-state index >= 15 is 0 Å². The van der Waals surface area contributed by atoms with Crippen LogP contribution in [0.15, 0.2) is 34.9 Å². The molecule has 3 rings (SSSR count). The van der Waals surface area contributed by atoms with Gasteiger partial charge in [0.1, 0.15) is 6.04 Å². The number of pyridine rings is 1. The maximum atomic E-state index is 11.2. The van der Waals surface area contributed by atoms with Crippen LogP contribution in [0.2, 0.25) is 0 Å². The Morgan fingerprint density at radius 3 is 2.95 bits per heavy atom. The molecule has 1 aromatic heterocycles. The first-order chi connectivity index (χ1) is 9.66. The maximum absolute atomic E-state index is 11.2. The molecule has 104 valence electrons. The van der Waals surface area contributed by atoms with Crippen LogP contribution >= 0.6 is 15.9 Å². The second-order valence-corrected chi connectivity index (χ2v) is 5.99. The molecule has 0 amide bonds. The molecule has 5 heteroatoms. The van der Waals surface area contributed by atoms with Crippen LogP contribution in [0.5, 0.6) is 0 Å². The minimum atomic E-state index is -0.762. The fourth-order valence-electron chi connectivity index (χ4n) is 2.44. The molecule has 1 heterocycles. The van der Waals surface area contributed by atoms with Crippen LogP contribution in [0.1, 0.15) is 18.4 Å². The maximum Gasteiger partial charge on any atom is 0.320 e. The fourth-order valence-corrected chi connectivity index (χ4v) is 2.90. The molecule has 2 N–H and O–H groups in total. The highest BCUT2D eigenvalue weighted by molar-refractivity contribution is 9.10. The fraction of sp³-hybridized carbons (Fsp3) is 0.333. The van der Waals surface area contributed by atoms with Gasteiger partial charge < -0.3 is 5.11 Å². The molecule has 0 radical (unpaired) electrons. The molecule has 0 bridgehead atoms. The number of carboxylic acids is 1. The Balaban J connectivity index is 1.84. The molecule has 4 nitrogen and oxygen atoms in total. The van der Waals surface area contributed by atoms with Gasteiger partial charge in [-0.3, -0.25) is 15.1 Å². The molecule has 1 aliphatic rings. The summed E-state index contributed by atoms with van der Waals surface area (Å²) >= 11 is 3.51. The quantitative estimate of drug-likeness (QED) is 0.882. The van der Waals surface area contributed by atoms with Crippen LogP contribution < -0.4 is 5.32 Å². The molecule has 0 spiro atoms. The largest absolute Gasteiger partial charge is 0.480 e. The highest BCUT2D eigenvalue weighted by Gasteiger charge is 2.35.